The van der Waals surface area contributed by atoms with E-state index in [9.17, 15) is 4.79 Å². The van der Waals surface area contributed by atoms with Crippen LogP contribution in [0.15, 0.2) is 36.5 Å². The van der Waals surface area contributed by atoms with Crippen molar-refractivity contribution >= 4 is 5.97 Å². The molecule has 2 aliphatic carbocycles. The lowest BCUT2D eigenvalue weighted by Gasteiger charge is -2.02. The molecule has 0 atom stereocenters. The Kier molecular flexibility index (Phi) is 3.77. The summed E-state index contributed by atoms with van der Waals surface area (Å²) in [5.41, 5.74) is 3.37. The molecule has 0 saturated heterocycles. The minimum atomic E-state index is -0.308. The van der Waals surface area contributed by atoms with Gasteiger partial charge in [0.25, 0.3) is 0 Å². The van der Waals surface area contributed by atoms with Crippen LogP contribution in [0.1, 0.15) is 24.3 Å². The normalized spacial score (nSPS) is 10.3. The molecule has 1 heterocycles. The fourth-order valence-electron chi connectivity index (χ4n) is 1.64. The predicted molar refractivity (Wildman–Crippen MR) is 69.3 cm³/mol. The van der Waals surface area contributed by atoms with Crippen LogP contribution >= 0.6 is 0 Å². The highest BCUT2D eigenvalue weighted by atomic mass is 16.5. The second-order valence-corrected chi connectivity index (χ2v) is 3.83. The van der Waals surface area contributed by atoms with E-state index in [-0.39, 0.29) is 5.97 Å². The topological polar surface area (TPSA) is 44.1 Å². The van der Waals surface area contributed by atoms with E-state index >= 15 is 0 Å². The highest BCUT2D eigenvalue weighted by molar-refractivity contribution is 5.87. The summed E-state index contributed by atoms with van der Waals surface area (Å²) in [6.07, 6.45) is 1.59. The first-order valence-electron chi connectivity index (χ1n) is 6.05. The molecule has 0 bridgehead atoms. The maximum atomic E-state index is 11.2. The number of carbonyl (C=O) groups is 1. The third-order valence-electron chi connectivity index (χ3n) is 2.61. The molecule has 3 rings (SSSR count). The van der Waals surface area contributed by atoms with E-state index in [0.717, 1.165) is 0 Å². The van der Waals surface area contributed by atoms with Crippen molar-refractivity contribution in [3.8, 4) is 11.1 Å². The zero-order chi connectivity index (χ0) is 13.0. The molecule has 0 aliphatic heterocycles. The van der Waals surface area contributed by atoms with Gasteiger partial charge in [0.1, 0.15) is 5.69 Å². The van der Waals surface area contributed by atoms with E-state index in [1.54, 1.807) is 23.9 Å². The third-order valence-corrected chi connectivity index (χ3v) is 2.61. The Morgan fingerprint density at radius 1 is 1.28 bits per heavy atom. The number of ether oxygens (including phenoxy) is 1. The summed E-state index contributed by atoms with van der Waals surface area (Å²) >= 11 is 0. The molecule has 1 aromatic rings. The van der Waals surface area contributed by atoms with Crippen LogP contribution in [-0.2, 0) is 11.3 Å². The van der Waals surface area contributed by atoms with Gasteiger partial charge in [0.15, 0.2) is 0 Å². The Morgan fingerprint density at radius 3 is 2.44 bits per heavy atom. The molecule has 94 valence electrons. The van der Waals surface area contributed by atoms with Gasteiger partial charge in [-0.3, -0.25) is 4.68 Å². The molecule has 1 aromatic heterocycles. The summed E-state index contributed by atoms with van der Waals surface area (Å²) in [6.45, 7) is 4.79. The van der Waals surface area contributed by atoms with Crippen LogP contribution in [0.5, 0.6) is 0 Å². The summed E-state index contributed by atoms with van der Waals surface area (Å²) in [5.74, 6) is -0.308. The number of rotatable bonds is 3. The van der Waals surface area contributed by atoms with Gasteiger partial charge in [-0.15, -0.1) is 0 Å². The van der Waals surface area contributed by atoms with Crippen molar-refractivity contribution in [1.82, 2.24) is 9.78 Å². The van der Waals surface area contributed by atoms with E-state index < -0.39 is 0 Å². The first-order valence-corrected chi connectivity index (χ1v) is 6.05. The van der Waals surface area contributed by atoms with Gasteiger partial charge in [0, 0.05) is 12.7 Å². The number of aryl methyl sites for hydroxylation is 1. The van der Waals surface area contributed by atoms with Crippen LogP contribution in [0.2, 0.25) is 0 Å². The summed E-state index contributed by atoms with van der Waals surface area (Å²) in [6, 6.07) is 10.1. The van der Waals surface area contributed by atoms with Gasteiger partial charge in [-0.2, -0.15) is 5.10 Å². The average Bonchev–Trinajstić information content (AvgIpc) is 2.84. The van der Waals surface area contributed by atoms with Crippen LogP contribution in [-0.4, -0.2) is 22.4 Å². The summed E-state index contributed by atoms with van der Waals surface area (Å²) in [5, 5.41) is 3.95. The van der Waals surface area contributed by atoms with Crippen molar-refractivity contribution in [1.29, 1.82) is 0 Å². The molecule has 0 spiro atoms. The molecule has 0 fully saturated rings. The number of carbonyl (C=O) groups excluding carboxylic acids is 1. The van der Waals surface area contributed by atoms with Crippen LogP contribution in [0, 0.1) is 0 Å². The molecule has 0 unspecified atom stereocenters. The van der Waals surface area contributed by atoms with Gasteiger partial charge in [-0.1, -0.05) is 18.2 Å². The lowest BCUT2D eigenvalue weighted by Crippen LogP contribution is -2.12. The molecule has 0 amide bonds. The summed E-state index contributed by atoms with van der Waals surface area (Å²) < 4.78 is 6.44. The van der Waals surface area contributed by atoms with E-state index in [1.165, 1.54) is 11.1 Å². The summed E-state index contributed by atoms with van der Waals surface area (Å²) in [7, 11) is 0. The third kappa shape index (κ3) is 2.77. The van der Waals surface area contributed by atoms with Crippen LogP contribution in [0.4, 0.5) is 0 Å². The molecule has 0 aromatic carbocycles. The monoisotopic (exact) mass is 244 g/mol. The molecular weight excluding hydrogens is 228 g/mol. The number of fused-ring (bicyclic) bond motifs is 1. The molecule has 0 N–H and O–H groups in total. The first-order chi connectivity index (χ1) is 8.76. The van der Waals surface area contributed by atoms with Crippen LogP contribution in [0.25, 0.3) is 11.1 Å². The van der Waals surface area contributed by atoms with Gasteiger partial charge < -0.3 is 4.74 Å². The Morgan fingerprint density at radius 2 is 2.00 bits per heavy atom. The second kappa shape index (κ2) is 5.49. The van der Waals surface area contributed by atoms with E-state index in [2.05, 4.69) is 29.4 Å². The minimum Gasteiger partial charge on any atom is -0.461 e. The Balaban J connectivity index is 0.000000164. The second-order valence-electron chi connectivity index (χ2n) is 3.83. The van der Waals surface area contributed by atoms with E-state index in [0.29, 0.717) is 18.8 Å². The lowest BCUT2D eigenvalue weighted by molar-refractivity contribution is 0.0512. The number of hydrogen-bond acceptors (Lipinski definition) is 3. The Labute approximate surface area is 106 Å². The van der Waals surface area contributed by atoms with E-state index in [1.807, 2.05) is 6.92 Å². The highest BCUT2D eigenvalue weighted by Crippen LogP contribution is 2.32. The Bertz CT molecular complexity index is 529. The molecule has 0 saturated carbocycles. The van der Waals surface area contributed by atoms with Gasteiger partial charge >= 0.3 is 5.97 Å². The highest BCUT2D eigenvalue weighted by Gasteiger charge is 2.10. The van der Waals surface area contributed by atoms with Crippen molar-refractivity contribution in [2.75, 3.05) is 6.61 Å². The van der Waals surface area contributed by atoms with Crippen molar-refractivity contribution in [2.45, 2.75) is 20.4 Å². The standard InChI is InChI=1S/C8H12N2O2.C6H4/c1-3-10-7(5-6-9-10)8(11)12-4-2;1-2-5-4-6(5)3-1/h5-6H,3-4H2,1-2H3;1-4H. The van der Waals surface area contributed by atoms with Crippen molar-refractivity contribution in [2.24, 2.45) is 0 Å². The fourth-order valence-corrected chi connectivity index (χ4v) is 1.64. The van der Waals surface area contributed by atoms with E-state index in [4.69, 9.17) is 4.74 Å². The maximum absolute atomic E-state index is 11.2. The number of aromatic nitrogens is 2. The smallest absolute Gasteiger partial charge is 0.356 e. The molecule has 0 radical (unpaired) electrons. The maximum Gasteiger partial charge on any atom is 0.356 e. The van der Waals surface area contributed by atoms with Gasteiger partial charge in [-0.25, -0.2) is 4.79 Å². The zero-order valence-electron chi connectivity index (χ0n) is 10.6. The van der Waals surface area contributed by atoms with Crippen LogP contribution in [0.3, 0.4) is 0 Å². The zero-order valence-corrected chi connectivity index (χ0v) is 10.6. The molecule has 4 heteroatoms. The number of esters is 1. The van der Waals surface area contributed by atoms with Crippen molar-refractivity contribution in [3.05, 3.63) is 42.2 Å². The van der Waals surface area contributed by atoms with Crippen molar-refractivity contribution < 1.29 is 9.53 Å². The minimum absolute atomic E-state index is 0.308. The molecule has 2 aliphatic rings. The van der Waals surface area contributed by atoms with Gasteiger partial charge in [-0.05, 0) is 37.1 Å². The first kappa shape index (κ1) is 12.4. The van der Waals surface area contributed by atoms with Gasteiger partial charge in [0.2, 0.25) is 0 Å². The average molecular weight is 244 g/mol. The lowest BCUT2D eigenvalue weighted by atomic mass is 10.4. The quantitative estimate of drug-likeness (QED) is 0.665. The predicted octanol–water partition coefficient (Wildman–Crippen LogP) is 2.75. The number of benzene rings is 1. The molecule has 4 nitrogen and oxygen atoms in total. The Hall–Kier alpha value is -2.10. The van der Waals surface area contributed by atoms with Gasteiger partial charge in [0.05, 0.1) is 6.61 Å². The largest absolute Gasteiger partial charge is 0.461 e. The number of hydrogen-bond donors (Lipinski definition) is 0. The summed E-state index contributed by atoms with van der Waals surface area (Å²) in [4.78, 5) is 11.2. The SMILES string of the molecule is CCOC(=O)c1ccnn1CC.c1cc2cc-2c1. The molecular formula is C14H16N2O2. The number of nitrogens with zero attached hydrogens (tertiary/aromatic N) is 2. The van der Waals surface area contributed by atoms with Crippen molar-refractivity contribution in [3.63, 3.8) is 0 Å². The molecule has 18 heavy (non-hydrogen) atoms. The fraction of sp³-hybridized carbons (Fsp3) is 0.286. The van der Waals surface area contributed by atoms with Crippen LogP contribution < -0.4 is 0 Å².